The number of unbranched alkanes of at least 4 members (excludes halogenated alkanes) is 3. The fourth-order valence-electron chi connectivity index (χ4n) is 2.23. The lowest BCUT2D eigenvalue weighted by Crippen LogP contribution is -2.35. The van der Waals surface area contributed by atoms with Crippen molar-refractivity contribution in [2.75, 3.05) is 19.8 Å². The molecule has 1 heterocycles. The third-order valence-electron chi connectivity index (χ3n) is 3.47. The molecule has 4 N–H and O–H groups in total. The maximum Gasteiger partial charge on any atom is 0.525 e. The second-order valence-corrected chi connectivity index (χ2v) is 8.07. The van der Waals surface area contributed by atoms with Crippen molar-refractivity contribution in [2.24, 2.45) is 0 Å². The summed E-state index contributed by atoms with van der Waals surface area (Å²) in [6.07, 6.45) is 1.26. The van der Waals surface area contributed by atoms with Crippen LogP contribution >= 0.6 is 7.82 Å². The van der Waals surface area contributed by atoms with Gasteiger partial charge in [-0.2, -0.15) is 0 Å². The first-order valence-electron chi connectivity index (χ1n) is 8.76. The molecule has 0 unspecified atom stereocenters. The highest BCUT2D eigenvalue weighted by Gasteiger charge is 2.44. The third-order valence-corrected chi connectivity index (χ3v) is 3.89. The molecule has 2 atom stereocenters. The number of hydrogen-bond acceptors (Lipinski definition) is 8. The Morgan fingerprint density at radius 1 is 1.26 bits per heavy atom. The van der Waals surface area contributed by atoms with Gasteiger partial charge < -0.3 is 28.9 Å². The minimum atomic E-state index is -5.06. The highest BCUT2D eigenvalue weighted by molar-refractivity contribution is 7.46. The van der Waals surface area contributed by atoms with E-state index in [-0.39, 0.29) is 13.2 Å². The normalized spacial score (nSPS) is 19.2. The van der Waals surface area contributed by atoms with E-state index in [1.165, 1.54) is 13.8 Å². The van der Waals surface area contributed by atoms with Crippen molar-refractivity contribution in [3.8, 4) is 0 Å². The van der Waals surface area contributed by atoms with Crippen molar-refractivity contribution < 1.29 is 48.1 Å². The lowest BCUT2D eigenvalue weighted by Gasteiger charge is -2.23. The molecule has 1 aliphatic rings. The topological polar surface area (TPSA) is 152 Å². The number of carbonyl (C=O) groups is 1. The molecular weight excluding hydrogens is 383 g/mol. The van der Waals surface area contributed by atoms with Gasteiger partial charge in [0.1, 0.15) is 12.7 Å². The Bertz CT molecular complexity index is 562. The number of cyclic esters (lactones) is 1. The molecule has 1 aliphatic heterocycles. The quantitative estimate of drug-likeness (QED) is 0.196. The van der Waals surface area contributed by atoms with E-state index < -0.39 is 43.1 Å². The lowest BCUT2D eigenvalue weighted by molar-refractivity contribution is -0.149. The van der Waals surface area contributed by atoms with Gasteiger partial charge in [0.15, 0.2) is 11.9 Å². The number of phosphoric acid groups is 1. The molecule has 0 saturated carbocycles. The summed E-state index contributed by atoms with van der Waals surface area (Å²) in [5.74, 6) is -2.41. The highest BCUT2D eigenvalue weighted by atomic mass is 31.2. The Labute approximate surface area is 158 Å². The first kappa shape index (κ1) is 23.9. The van der Waals surface area contributed by atoms with Gasteiger partial charge in [-0.25, -0.2) is 9.36 Å². The van der Waals surface area contributed by atoms with Gasteiger partial charge in [-0.05, 0) is 20.3 Å². The Morgan fingerprint density at radius 2 is 1.93 bits per heavy atom. The predicted molar refractivity (Wildman–Crippen MR) is 93.3 cm³/mol. The van der Waals surface area contributed by atoms with Crippen LogP contribution in [0.15, 0.2) is 11.5 Å². The van der Waals surface area contributed by atoms with E-state index in [0.717, 1.165) is 25.7 Å². The molecular formula is C16H29O10P. The standard InChI is InChI=1S/C16H29O10P/c1-4-5-6-7-8-23-9-11(17)12-13(24-10-16(2,3)19)14(15(18)25-12)26-27(20,21)22/h11-12,17,19H,4-10H2,1-3H3,(H2,20,21,22)/t11-,12+/m0/s1. The zero-order chi connectivity index (χ0) is 20.7. The van der Waals surface area contributed by atoms with E-state index >= 15 is 0 Å². The summed E-state index contributed by atoms with van der Waals surface area (Å²) in [6, 6.07) is 0. The van der Waals surface area contributed by atoms with Crippen molar-refractivity contribution in [3.05, 3.63) is 11.5 Å². The van der Waals surface area contributed by atoms with Crippen LogP contribution in [0.1, 0.15) is 46.5 Å². The Hall–Kier alpha value is -1.16. The van der Waals surface area contributed by atoms with E-state index in [1.54, 1.807) is 0 Å². The Morgan fingerprint density at radius 3 is 2.48 bits per heavy atom. The highest BCUT2D eigenvalue weighted by Crippen LogP contribution is 2.43. The molecule has 0 amide bonds. The molecule has 0 radical (unpaired) electrons. The van der Waals surface area contributed by atoms with Gasteiger partial charge in [-0.1, -0.05) is 26.2 Å². The number of rotatable bonds is 13. The van der Waals surface area contributed by atoms with Gasteiger partial charge in [0.2, 0.25) is 0 Å². The molecule has 1 rings (SSSR count). The molecule has 158 valence electrons. The SMILES string of the molecule is CCCCCCOC[C@H](O)[C@H]1OC(=O)C(OP(=O)(O)O)=C1OCC(C)(C)O. The minimum Gasteiger partial charge on any atom is -0.487 e. The van der Waals surface area contributed by atoms with Gasteiger partial charge in [0.05, 0.1) is 12.2 Å². The molecule has 10 nitrogen and oxygen atoms in total. The largest absolute Gasteiger partial charge is 0.525 e. The number of hydrogen-bond donors (Lipinski definition) is 4. The fraction of sp³-hybridized carbons (Fsp3) is 0.812. The number of ether oxygens (including phenoxy) is 3. The van der Waals surface area contributed by atoms with E-state index in [9.17, 15) is 19.6 Å². The van der Waals surface area contributed by atoms with Crippen LogP contribution < -0.4 is 0 Å². The maximum atomic E-state index is 11.9. The van der Waals surface area contributed by atoms with Crippen LogP contribution in [0.4, 0.5) is 0 Å². The van der Waals surface area contributed by atoms with Crippen molar-refractivity contribution in [1.29, 1.82) is 0 Å². The average molecular weight is 412 g/mol. The molecule has 11 heteroatoms. The summed E-state index contributed by atoms with van der Waals surface area (Å²) < 4.78 is 31.0. The summed E-state index contributed by atoms with van der Waals surface area (Å²) in [4.78, 5) is 29.8. The molecule has 0 fully saturated rings. The smallest absolute Gasteiger partial charge is 0.487 e. The molecule has 0 aromatic rings. The first-order chi connectivity index (χ1) is 12.4. The summed E-state index contributed by atoms with van der Waals surface area (Å²) in [5.41, 5.74) is -1.31. The van der Waals surface area contributed by atoms with Crippen LogP contribution in [0, 0.1) is 0 Å². The summed E-state index contributed by atoms with van der Waals surface area (Å²) in [5, 5.41) is 20.0. The molecule has 0 aromatic heterocycles. The van der Waals surface area contributed by atoms with Crippen LogP contribution in [0.3, 0.4) is 0 Å². The first-order valence-corrected chi connectivity index (χ1v) is 10.3. The van der Waals surface area contributed by atoms with Crippen LogP contribution in [0.25, 0.3) is 0 Å². The third kappa shape index (κ3) is 9.05. The van der Waals surface area contributed by atoms with Gasteiger partial charge in [0, 0.05) is 6.61 Å². The van der Waals surface area contributed by atoms with Crippen LogP contribution in [-0.4, -0.2) is 63.6 Å². The molecule has 0 saturated heterocycles. The van der Waals surface area contributed by atoms with Crippen molar-refractivity contribution in [3.63, 3.8) is 0 Å². The zero-order valence-corrected chi connectivity index (χ0v) is 16.7. The lowest BCUT2D eigenvalue weighted by atomic mass is 10.1. The van der Waals surface area contributed by atoms with Crippen molar-refractivity contribution in [1.82, 2.24) is 0 Å². The Balaban J connectivity index is 2.80. The number of aliphatic hydroxyl groups is 2. The average Bonchev–Trinajstić information content (AvgIpc) is 2.82. The summed E-state index contributed by atoms with van der Waals surface area (Å²) >= 11 is 0. The van der Waals surface area contributed by atoms with Gasteiger partial charge in [0.25, 0.3) is 5.76 Å². The zero-order valence-electron chi connectivity index (χ0n) is 15.8. The number of esters is 1. The number of phosphoric ester groups is 1. The van der Waals surface area contributed by atoms with E-state index in [1.807, 2.05) is 0 Å². The predicted octanol–water partition coefficient (Wildman–Crippen LogP) is 0.978. The molecule has 0 bridgehead atoms. The number of aliphatic hydroxyl groups excluding tert-OH is 1. The van der Waals surface area contributed by atoms with Crippen LogP contribution in [-0.2, 0) is 28.1 Å². The maximum absolute atomic E-state index is 11.9. The monoisotopic (exact) mass is 412 g/mol. The second-order valence-electron chi connectivity index (χ2n) is 6.91. The van der Waals surface area contributed by atoms with Crippen LogP contribution in [0.2, 0.25) is 0 Å². The van der Waals surface area contributed by atoms with E-state index in [2.05, 4.69) is 11.4 Å². The van der Waals surface area contributed by atoms with Crippen molar-refractivity contribution in [2.45, 2.75) is 64.3 Å². The summed E-state index contributed by atoms with van der Waals surface area (Å²) in [6.45, 7) is 4.85. The molecule has 0 spiro atoms. The van der Waals surface area contributed by atoms with Gasteiger partial charge >= 0.3 is 13.8 Å². The second kappa shape index (κ2) is 10.4. The molecule has 0 aromatic carbocycles. The molecule has 0 aliphatic carbocycles. The minimum absolute atomic E-state index is 0.178. The van der Waals surface area contributed by atoms with E-state index in [0.29, 0.717) is 6.61 Å². The van der Waals surface area contributed by atoms with E-state index in [4.69, 9.17) is 24.0 Å². The van der Waals surface area contributed by atoms with Crippen LogP contribution in [0.5, 0.6) is 0 Å². The molecule has 27 heavy (non-hydrogen) atoms. The fourth-order valence-corrected chi connectivity index (χ4v) is 2.63. The number of carbonyl (C=O) groups excluding carboxylic acids is 1. The Kier molecular flexibility index (Phi) is 9.20. The van der Waals surface area contributed by atoms with Gasteiger partial charge in [-0.15, -0.1) is 0 Å². The summed E-state index contributed by atoms with van der Waals surface area (Å²) in [7, 11) is -5.06. The van der Waals surface area contributed by atoms with Gasteiger partial charge in [-0.3, -0.25) is 9.79 Å². The van der Waals surface area contributed by atoms with Crippen molar-refractivity contribution >= 4 is 13.8 Å².